The number of carbonyl (C=O) groups excluding carboxylic acids is 1. The summed E-state index contributed by atoms with van der Waals surface area (Å²) >= 11 is 0. The summed E-state index contributed by atoms with van der Waals surface area (Å²) in [6.45, 7) is 4.00. The summed E-state index contributed by atoms with van der Waals surface area (Å²) in [4.78, 5) is 29.1. The lowest BCUT2D eigenvalue weighted by Gasteiger charge is -2.08. The van der Waals surface area contributed by atoms with Crippen molar-refractivity contribution in [3.63, 3.8) is 0 Å². The number of amides is 1. The molecule has 1 aromatic carbocycles. The van der Waals surface area contributed by atoms with Gasteiger partial charge in [-0.05, 0) is 42.3 Å². The highest BCUT2D eigenvalue weighted by molar-refractivity contribution is 6.00. The van der Waals surface area contributed by atoms with E-state index in [0.29, 0.717) is 40.5 Å². The highest BCUT2D eigenvalue weighted by atomic mass is 19.1. The van der Waals surface area contributed by atoms with Crippen molar-refractivity contribution in [3.05, 3.63) is 73.1 Å². The van der Waals surface area contributed by atoms with Crippen LogP contribution in [0.2, 0.25) is 0 Å². The van der Waals surface area contributed by atoms with Gasteiger partial charge in [0.2, 0.25) is 5.91 Å². The minimum atomic E-state index is -0.404. The number of hydrogen-bond donors (Lipinski definition) is 3. The van der Waals surface area contributed by atoms with Crippen LogP contribution in [0.25, 0.3) is 55.7 Å². The average molecular weight is 536 g/mol. The summed E-state index contributed by atoms with van der Waals surface area (Å²) in [7, 11) is 1.50. The third kappa shape index (κ3) is 4.86. The Labute approximate surface area is 228 Å². The standard InChI is InChI=1S/C30H26FN7O2/c1-16(2)6-27(39)35-21-8-18(13-32-15-21)19-10-24-29(37-38-30(24)34-14-19)26-12-23-25(36-26)4-5-33-28(23)17-7-20(31)11-22(9-17)40-3/h4-5,7-16,36H,6H2,1-3H3,(H,35,39)(H,34,37,38). The molecule has 9 nitrogen and oxygen atoms in total. The molecule has 0 spiro atoms. The van der Waals surface area contributed by atoms with Crippen LogP contribution in [0.15, 0.2) is 67.3 Å². The van der Waals surface area contributed by atoms with E-state index in [9.17, 15) is 9.18 Å². The minimum Gasteiger partial charge on any atom is -0.497 e. The van der Waals surface area contributed by atoms with E-state index < -0.39 is 5.82 Å². The van der Waals surface area contributed by atoms with Crippen molar-refractivity contribution in [2.24, 2.45) is 5.92 Å². The second-order valence-corrected chi connectivity index (χ2v) is 9.98. The van der Waals surface area contributed by atoms with E-state index in [4.69, 9.17) is 4.74 Å². The monoisotopic (exact) mass is 535 g/mol. The summed E-state index contributed by atoms with van der Waals surface area (Å²) in [5, 5.41) is 12.1. The molecule has 200 valence electrons. The van der Waals surface area contributed by atoms with Crippen molar-refractivity contribution < 1.29 is 13.9 Å². The summed E-state index contributed by atoms with van der Waals surface area (Å²) in [5.41, 5.74) is 6.39. The number of aromatic nitrogens is 6. The molecule has 0 aliphatic rings. The van der Waals surface area contributed by atoms with Crippen molar-refractivity contribution in [1.29, 1.82) is 0 Å². The summed E-state index contributed by atoms with van der Waals surface area (Å²) in [6, 6.07) is 12.2. The van der Waals surface area contributed by atoms with Gasteiger partial charge in [-0.3, -0.25) is 19.9 Å². The van der Waals surface area contributed by atoms with Gasteiger partial charge in [0.1, 0.15) is 17.3 Å². The zero-order chi connectivity index (χ0) is 27.8. The molecule has 0 saturated carbocycles. The van der Waals surface area contributed by atoms with Crippen molar-refractivity contribution >= 4 is 33.5 Å². The smallest absolute Gasteiger partial charge is 0.224 e. The van der Waals surface area contributed by atoms with Crippen molar-refractivity contribution in [1.82, 2.24) is 30.1 Å². The van der Waals surface area contributed by atoms with Gasteiger partial charge in [0.15, 0.2) is 5.65 Å². The van der Waals surface area contributed by atoms with Gasteiger partial charge in [0, 0.05) is 64.1 Å². The van der Waals surface area contributed by atoms with Crippen LogP contribution >= 0.6 is 0 Å². The molecule has 6 aromatic rings. The molecule has 0 bridgehead atoms. The number of ether oxygens (including phenoxy) is 1. The Kier molecular flexibility index (Phi) is 6.43. The molecule has 0 fully saturated rings. The van der Waals surface area contributed by atoms with Crippen molar-refractivity contribution in [2.45, 2.75) is 20.3 Å². The maximum Gasteiger partial charge on any atom is 0.224 e. The van der Waals surface area contributed by atoms with E-state index in [2.05, 4.69) is 35.5 Å². The molecule has 0 aliphatic carbocycles. The Bertz CT molecular complexity index is 1880. The molecule has 1 amide bonds. The van der Waals surface area contributed by atoms with Crippen LogP contribution in [0.3, 0.4) is 0 Å². The highest BCUT2D eigenvalue weighted by Gasteiger charge is 2.17. The third-order valence-corrected chi connectivity index (χ3v) is 6.55. The van der Waals surface area contributed by atoms with Gasteiger partial charge in [0.05, 0.1) is 30.4 Å². The van der Waals surface area contributed by atoms with Crippen molar-refractivity contribution in [2.75, 3.05) is 12.4 Å². The number of carbonyl (C=O) groups is 1. The highest BCUT2D eigenvalue weighted by Crippen LogP contribution is 2.35. The predicted molar refractivity (Wildman–Crippen MR) is 152 cm³/mol. The SMILES string of the molecule is COc1cc(F)cc(-c2nccc3[nH]c(-c4n[nH]c5ncc(-c6cncc(NC(=O)CC(C)C)c6)cc45)cc23)c1. The normalized spacial score (nSPS) is 11.4. The summed E-state index contributed by atoms with van der Waals surface area (Å²) in [6.07, 6.45) is 7.21. The fourth-order valence-electron chi connectivity index (χ4n) is 4.74. The number of anilines is 1. The molecule has 5 heterocycles. The molecule has 6 rings (SSSR count). The number of rotatable bonds is 7. The number of halogens is 1. The second kappa shape index (κ2) is 10.2. The zero-order valence-electron chi connectivity index (χ0n) is 22.1. The molecule has 0 saturated heterocycles. The molecule has 5 aromatic heterocycles. The first-order valence-electron chi connectivity index (χ1n) is 12.8. The molecule has 40 heavy (non-hydrogen) atoms. The second-order valence-electron chi connectivity index (χ2n) is 9.98. The fraction of sp³-hybridized carbons (Fsp3) is 0.167. The lowest BCUT2D eigenvalue weighted by Crippen LogP contribution is -2.13. The van der Waals surface area contributed by atoms with Gasteiger partial charge < -0.3 is 15.0 Å². The Morgan fingerprint density at radius 2 is 1.82 bits per heavy atom. The Morgan fingerprint density at radius 3 is 2.65 bits per heavy atom. The van der Waals surface area contributed by atoms with Crippen LogP contribution in [-0.2, 0) is 4.79 Å². The van der Waals surface area contributed by atoms with E-state index in [-0.39, 0.29) is 11.8 Å². The van der Waals surface area contributed by atoms with Crippen LogP contribution in [0.5, 0.6) is 5.75 Å². The molecular weight excluding hydrogens is 509 g/mol. The topological polar surface area (TPSA) is 121 Å². The number of aromatic amines is 2. The zero-order valence-corrected chi connectivity index (χ0v) is 22.1. The first-order chi connectivity index (χ1) is 19.4. The number of hydrogen-bond acceptors (Lipinski definition) is 6. The summed E-state index contributed by atoms with van der Waals surface area (Å²) in [5.74, 6) is 0.220. The van der Waals surface area contributed by atoms with Crippen LogP contribution in [-0.4, -0.2) is 43.2 Å². The lowest BCUT2D eigenvalue weighted by atomic mass is 10.1. The van der Waals surface area contributed by atoms with E-state index in [1.807, 2.05) is 38.1 Å². The first-order valence-corrected chi connectivity index (χ1v) is 12.8. The molecule has 0 aliphatic heterocycles. The molecular formula is C30H26FN7O2. The average Bonchev–Trinajstić information content (AvgIpc) is 3.56. The van der Waals surface area contributed by atoms with E-state index in [1.165, 1.54) is 19.2 Å². The van der Waals surface area contributed by atoms with Crippen LogP contribution in [0, 0.1) is 11.7 Å². The first kappa shape index (κ1) is 25.2. The number of nitrogens with zero attached hydrogens (tertiary/aromatic N) is 4. The van der Waals surface area contributed by atoms with Crippen LogP contribution in [0.4, 0.5) is 10.1 Å². The molecule has 0 radical (unpaired) electrons. The molecule has 3 N–H and O–H groups in total. The molecule has 10 heteroatoms. The predicted octanol–water partition coefficient (Wildman–Crippen LogP) is 6.36. The molecule has 0 unspecified atom stereocenters. The van der Waals surface area contributed by atoms with Gasteiger partial charge in [-0.1, -0.05) is 13.8 Å². The van der Waals surface area contributed by atoms with Gasteiger partial charge in [0.25, 0.3) is 0 Å². The van der Waals surface area contributed by atoms with Crippen LogP contribution < -0.4 is 10.1 Å². The Hall–Kier alpha value is -5.12. The minimum absolute atomic E-state index is 0.0518. The van der Waals surface area contributed by atoms with E-state index in [0.717, 1.165) is 33.1 Å². The molecule has 0 atom stereocenters. The number of methoxy groups -OCH3 is 1. The number of pyridine rings is 3. The van der Waals surface area contributed by atoms with E-state index in [1.54, 1.807) is 30.9 Å². The summed E-state index contributed by atoms with van der Waals surface area (Å²) < 4.78 is 19.5. The number of nitrogens with one attached hydrogen (secondary N) is 3. The van der Waals surface area contributed by atoms with Crippen molar-refractivity contribution in [3.8, 4) is 39.5 Å². The Morgan fingerprint density at radius 1 is 0.975 bits per heavy atom. The number of H-pyrrole nitrogens is 2. The van der Waals surface area contributed by atoms with Crippen LogP contribution in [0.1, 0.15) is 20.3 Å². The fourth-order valence-corrected chi connectivity index (χ4v) is 4.74. The third-order valence-electron chi connectivity index (χ3n) is 6.55. The van der Waals surface area contributed by atoms with Gasteiger partial charge >= 0.3 is 0 Å². The van der Waals surface area contributed by atoms with Gasteiger partial charge in [-0.2, -0.15) is 5.10 Å². The van der Waals surface area contributed by atoms with E-state index >= 15 is 0 Å². The lowest BCUT2D eigenvalue weighted by molar-refractivity contribution is -0.116. The number of fused-ring (bicyclic) bond motifs is 2. The Balaban J connectivity index is 1.38. The quantitative estimate of drug-likeness (QED) is 0.219. The van der Waals surface area contributed by atoms with Gasteiger partial charge in [-0.25, -0.2) is 9.37 Å². The van der Waals surface area contributed by atoms with Gasteiger partial charge in [-0.15, -0.1) is 0 Å². The maximum atomic E-state index is 14.3. The number of benzene rings is 1. The largest absolute Gasteiger partial charge is 0.497 e. The maximum absolute atomic E-state index is 14.3.